The quantitative estimate of drug-likeness (QED) is 0.666. The largest absolute Gasteiger partial charge is 0.303 e. The molecule has 14 heavy (non-hydrogen) atoms. The molecule has 0 unspecified atom stereocenters. The minimum absolute atomic E-state index is 0.651. The normalized spacial score (nSPS) is 25.5. The van der Waals surface area contributed by atoms with E-state index in [4.69, 9.17) is 0 Å². The van der Waals surface area contributed by atoms with Crippen molar-refractivity contribution in [2.24, 2.45) is 5.92 Å². The second-order valence-corrected chi connectivity index (χ2v) is 4.35. The summed E-state index contributed by atoms with van der Waals surface area (Å²) in [6.07, 6.45) is 4.20. The molecule has 0 amide bonds. The SMILES string of the molecule is Cc1cccc(C2CC(CC=O)C2)c1. The van der Waals surface area contributed by atoms with Crippen LogP contribution in [0, 0.1) is 12.8 Å². The summed E-state index contributed by atoms with van der Waals surface area (Å²) in [4.78, 5) is 10.3. The van der Waals surface area contributed by atoms with E-state index < -0.39 is 0 Å². The Hall–Kier alpha value is -1.11. The van der Waals surface area contributed by atoms with Crippen LogP contribution in [0.4, 0.5) is 0 Å². The molecule has 1 nitrogen and oxygen atoms in total. The molecule has 0 N–H and O–H groups in total. The molecule has 1 fully saturated rings. The second kappa shape index (κ2) is 3.95. The minimum Gasteiger partial charge on any atom is -0.303 e. The van der Waals surface area contributed by atoms with Crippen molar-refractivity contribution in [1.29, 1.82) is 0 Å². The van der Waals surface area contributed by atoms with Crippen molar-refractivity contribution in [3.8, 4) is 0 Å². The molecule has 0 aliphatic heterocycles. The van der Waals surface area contributed by atoms with Crippen LogP contribution in [0.3, 0.4) is 0 Å². The van der Waals surface area contributed by atoms with E-state index in [1.54, 1.807) is 0 Å². The zero-order valence-corrected chi connectivity index (χ0v) is 8.57. The predicted molar refractivity (Wildman–Crippen MR) is 57.3 cm³/mol. The molecular weight excluding hydrogens is 172 g/mol. The Morgan fingerprint density at radius 1 is 1.43 bits per heavy atom. The lowest BCUT2D eigenvalue weighted by molar-refractivity contribution is -0.109. The number of carbonyl (C=O) groups excluding carboxylic acids is 1. The number of hydrogen-bond acceptors (Lipinski definition) is 1. The highest BCUT2D eigenvalue weighted by Gasteiger charge is 2.29. The van der Waals surface area contributed by atoms with Crippen LogP contribution >= 0.6 is 0 Å². The first-order chi connectivity index (χ1) is 6.79. The Morgan fingerprint density at radius 3 is 2.86 bits per heavy atom. The van der Waals surface area contributed by atoms with E-state index in [1.807, 2.05) is 0 Å². The highest BCUT2D eigenvalue weighted by Crippen LogP contribution is 2.42. The highest BCUT2D eigenvalue weighted by atomic mass is 16.1. The fraction of sp³-hybridized carbons (Fsp3) is 0.462. The summed E-state index contributed by atoms with van der Waals surface area (Å²) in [7, 11) is 0. The van der Waals surface area contributed by atoms with Crippen molar-refractivity contribution in [2.75, 3.05) is 0 Å². The third kappa shape index (κ3) is 1.87. The van der Waals surface area contributed by atoms with Crippen molar-refractivity contribution >= 4 is 6.29 Å². The van der Waals surface area contributed by atoms with Gasteiger partial charge in [0, 0.05) is 6.42 Å². The molecule has 0 radical (unpaired) electrons. The van der Waals surface area contributed by atoms with Gasteiger partial charge >= 0.3 is 0 Å². The van der Waals surface area contributed by atoms with E-state index in [0.29, 0.717) is 11.8 Å². The van der Waals surface area contributed by atoms with Gasteiger partial charge in [-0.3, -0.25) is 0 Å². The molecule has 1 aliphatic carbocycles. The number of hydrogen-bond donors (Lipinski definition) is 0. The van der Waals surface area contributed by atoms with Gasteiger partial charge in [0.25, 0.3) is 0 Å². The summed E-state index contributed by atoms with van der Waals surface area (Å²) in [5.41, 5.74) is 2.79. The van der Waals surface area contributed by atoms with E-state index in [0.717, 1.165) is 12.7 Å². The maximum Gasteiger partial charge on any atom is 0.120 e. The molecule has 0 spiro atoms. The monoisotopic (exact) mass is 188 g/mol. The average molecular weight is 188 g/mol. The lowest BCUT2D eigenvalue weighted by Gasteiger charge is -2.34. The molecule has 0 atom stereocenters. The Labute approximate surface area is 85.1 Å². The fourth-order valence-corrected chi connectivity index (χ4v) is 2.26. The molecule has 2 rings (SSSR count). The van der Waals surface area contributed by atoms with Crippen molar-refractivity contribution in [3.05, 3.63) is 35.4 Å². The lowest BCUT2D eigenvalue weighted by atomic mass is 9.70. The minimum atomic E-state index is 0.651. The standard InChI is InChI=1S/C13H16O/c1-10-3-2-4-12(7-10)13-8-11(9-13)5-6-14/h2-4,6-7,11,13H,5,8-9H2,1H3. The lowest BCUT2D eigenvalue weighted by Crippen LogP contribution is -2.22. The van der Waals surface area contributed by atoms with Crippen LogP contribution in [0.1, 0.15) is 36.3 Å². The molecule has 1 heteroatoms. The van der Waals surface area contributed by atoms with Crippen molar-refractivity contribution in [3.63, 3.8) is 0 Å². The van der Waals surface area contributed by atoms with E-state index in [2.05, 4.69) is 31.2 Å². The third-order valence-electron chi connectivity index (χ3n) is 3.18. The number of aryl methyl sites for hydroxylation is 1. The fourth-order valence-electron chi connectivity index (χ4n) is 2.26. The van der Waals surface area contributed by atoms with Crippen molar-refractivity contribution in [2.45, 2.75) is 32.1 Å². The van der Waals surface area contributed by atoms with Gasteiger partial charge in [0.1, 0.15) is 6.29 Å². The van der Waals surface area contributed by atoms with Gasteiger partial charge in [-0.15, -0.1) is 0 Å². The summed E-state index contributed by atoms with van der Waals surface area (Å²) < 4.78 is 0. The average Bonchev–Trinajstić information content (AvgIpc) is 2.10. The van der Waals surface area contributed by atoms with Crippen molar-refractivity contribution in [1.82, 2.24) is 0 Å². The van der Waals surface area contributed by atoms with Gasteiger partial charge in [-0.25, -0.2) is 0 Å². The van der Waals surface area contributed by atoms with Crippen LogP contribution in [-0.2, 0) is 4.79 Å². The van der Waals surface area contributed by atoms with Crippen LogP contribution in [-0.4, -0.2) is 6.29 Å². The van der Waals surface area contributed by atoms with Gasteiger partial charge in [0.2, 0.25) is 0 Å². The molecule has 0 bridgehead atoms. The molecule has 0 heterocycles. The van der Waals surface area contributed by atoms with Gasteiger partial charge in [-0.2, -0.15) is 0 Å². The van der Waals surface area contributed by atoms with E-state index >= 15 is 0 Å². The summed E-state index contributed by atoms with van der Waals surface area (Å²) in [6.45, 7) is 2.13. The van der Waals surface area contributed by atoms with E-state index in [1.165, 1.54) is 24.0 Å². The predicted octanol–water partition coefficient (Wildman–Crippen LogP) is 3.08. The Kier molecular flexibility index (Phi) is 2.67. The van der Waals surface area contributed by atoms with Crippen LogP contribution in [0.15, 0.2) is 24.3 Å². The Morgan fingerprint density at radius 2 is 2.21 bits per heavy atom. The summed E-state index contributed by atoms with van der Waals surface area (Å²) >= 11 is 0. The van der Waals surface area contributed by atoms with Gasteiger partial charge in [0.15, 0.2) is 0 Å². The molecule has 1 aromatic carbocycles. The molecule has 74 valence electrons. The van der Waals surface area contributed by atoms with Gasteiger partial charge in [-0.05, 0) is 37.2 Å². The van der Waals surface area contributed by atoms with Crippen LogP contribution in [0.25, 0.3) is 0 Å². The van der Waals surface area contributed by atoms with E-state index in [-0.39, 0.29) is 0 Å². The topological polar surface area (TPSA) is 17.1 Å². The maximum absolute atomic E-state index is 10.3. The molecule has 1 aliphatic rings. The number of aldehydes is 1. The third-order valence-corrected chi connectivity index (χ3v) is 3.18. The van der Waals surface area contributed by atoms with Gasteiger partial charge in [0.05, 0.1) is 0 Å². The Bertz CT molecular complexity index is 324. The van der Waals surface area contributed by atoms with Crippen LogP contribution < -0.4 is 0 Å². The molecule has 0 saturated heterocycles. The molecular formula is C13H16O. The maximum atomic E-state index is 10.3. The van der Waals surface area contributed by atoms with E-state index in [9.17, 15) is 4.79 Å². The smallest absolute Gasteiger partial charge is 0.120 e. The van der Waals surface area contributed by atoms with Crippen LogP contribution in [0.5, 0.6) is 0 Å². The molecule has 1 aromatic rings. The Balaban J connectivity index is 1.96. The zero-order valence-electron chi connectivity index (χ0n) is 8.57. The first-order valence-corrected chi connectivity index (χ1v) is 5.30. The number of benzene rings is 1. The number of carbonyl (C=O) groups is 1. The summed E-state index contributed by atoms with van der Waals surface area (Å²) in [6, 6.07) is 8.72. The zero-order chi connectivity index (χ0) is 9.97. The summed E-state index contributed by atoms with van der Waals surface area (Å²) in [5.74, 6) is 1.36. The van der Waals surface area contributed by atoms with Crippen molar-refractivity contribution < 1.29 is 4.79 Å². The van der Waals surface area contributed by atoms with Crippen LogP contribution in [0.2, 0.25) is 0 Å². The summed E-state index contributed by atoms with van der Waals surface area (Å²) in [5, 5.41) is 0. The molecule has 1 saturated carbocycles. The van der Waals surface area contributed by atoms with Gasteiger partial charge < -0.3 is 4.79 Å². The molecule has 0 aromatic heterocycles. The first kappa shape index (κ1) is 9.45. The number of rotatable bonds is 3. The first-order valence-electron chi connectivity index (χ1n) is 5.30. The highest BCUT2D eigenvalue weighted by molar-refractivity contribution is 5.50. The van der Waals surface area contributed by atoms with Gasteiger partial charge in [-0.1, -0.05) is 29.8 Å². The second-order valence-electron chi connectivity index (χ2n) is 4.35.